The molecular weight excluding hydrogens is 339 g/mol. The smallest absolute Gasteiger partial charge is 0.152 e. The Morgan fingerprint density at radius 3 is 2.56 bits per heavy atom. The van der Waals surface area contributed by atoms with E-state index >= 15 is 0 Å². The van der Waals surface area contributed by atoms with Gasteiger partial charge in [-0.2, -0.15) is 5.10 Å². The number of hydrogen-bond donors (Lipinski definition) is 2. The van der Waals surface area contributed by atoms with Crippen molar-refractivity contribution in [2.45, 2.75) is 6.92 Å². The molecule has 0 aliphatic carbocycles. The second-order valence-corrected chi connectivity index (χ2v) is 5.43. The monoisotopic (exact) mass is 348 g/mol. The Labute approximate surface area is 123 Å². The molecule has 0 bridgehead atoms. The van der Waals surface area contributed by atoms with Crippen molar-refractivity contribution in [3.8, 4) is 0 Å². The van der Waals surface area contributed by atoms with Crippen LogP contribution in [0.1, 0.15) is 5.69 Å². The number of aromatic nitrogens is 2. The first kappa shape index (κ1) is 13.5. The first-order valence-electron chi connectivity index (χ1n) is 5.11. The van der Waals surface area contributed by atoms with Gasteiger partial charge in [-0.05, 0) is 35.0 Å². The molecule has 0 unspecified atom stereocenters. The molecule has 1 aromatic carbocycles. The first-order valence-corrected chi connectivity index (χ1v) is 6.66. The summed E-state index contributed by atoms with van der Waals surface area (Å²) in [6.07, 6.45) is 0. The van der Waals surface area contributed by atoms with Crippen LogP contribution in [0.2, 0.25) is 10.0 Å². The lowest BCUT2D eigenvalue weighted by molar-refractivity contribution is 0.765. The zero-order valence-electron chi connectivity index (χ0n) is 9.76. The topological polar surface area (TPSA) is 55.9 Å². The van der Waals surface area contributed by atoms with Crippen molar-refractivity contribution >= 4 is 56.3 Å². The lowest BCUT2D eigenvalue weighted by Gasteiger charge is -2.11. The van der Waals surface area contributed by atoms with E-state index in [2.05, 4.69) is 26.3 Å². The van der Waals surface area contributed by atoms with Crippen molar-refractivity contribution in [1.29, 1.82) is 0 Å². The minimum Gasteiger partial charge on any atom is -0.394 e. The van der Waals surface area contributed by atoms with Crippen molar-refractivity contribution in [1.82, 2.24) is 9.78 Å². The molecule has 0 radical (unpaired) electrons. The molecule has 7 heteroatoms. The second-order valence-electron chi connectivity index (χ2n) is 3.82. The highest BCUT2D eigenvalue weighted by atomic mass is 79.9. The molecule has 0 saturated heterocycles. The molecule has 0 saturated carbocycles. The summed E-state index contributed by atoms with van der Waals surface area (Å²) in [5, 5.41) is 8.25. The van der Waals surface area contributed by atoms with Crippen LogP contribution in [0.15, 0.2) is 16.6 Å². The average molecular weight is 350 g/mol. The number of anilines is 3. The molecule has 96 valence electrons. The van der Waals surface area contributed by atoms with Gasteiger partial charge in [0, 0.05) is 11.5 Å². The maximum Gasteiger partial charge on any atom is 0.152 e. The number of aryl methyl sites for hydroxylation is 2. The average Bonchev–Trinajstić information content (AvgIpc) is 2.56. The highest BCUT2D eigenvalue weighted by Gasteiger charge is 2.13. The molecular formula is C11H11BrCl2N4. The van der Waals surface area contributed by atoms with Gasteiger partial charge in [0.2, 0.25) is 0 Å². The molecule has 3 N–H and O–H groups in total. The third kappa shape index (κ3) is 2.30. The van der Waals surface area contributed by atoms with Gasteiger partial charge >= 0.3 is 0 Å². The highest BCUT2D eigenvalue weighted by molar-refractivity contribution is 9.10. The predicted octanol–water partition coefficient (Wildman–Crippen LogP) is 4.12. The predicted molar refractivity (Wildman–Crippen MR) is 79.8 cm³/mol. The van der Waals surface area contributed by atoms with E-state index in [1.54, 1.807) is 11.7 Å². The molecule has 18 heavy (non-hydrogen) atoms. The highest BCUT2D eigenvalue weighted by Crippen LogP contribution is 2.38. The van der Waals surface area contributed by atoms with E-state index in [1.807, 2.05) is 19.1 Å². The Bertz CT molecular complexity index is 610. The largest absolute Gasteiger partial charge is 0.394 e. The van der Waals surface area contributed by atoms with Crippen LogP contribution >= 0.6 is 39.1 Å². The van der Waals surface area contributed by atoms with Crippen molar-refractivity contribution in [2.24, 2.45) is 7.05 Å². The van der Waals surface area contributed by atoms with Crippen LogP contribution in [-0.4, -0.2) is 9.78 Å². The maximum atomic E-state index is 6.16. The fourth-order valence-corrected chi connectivity index (χ4v) is 2.39. The Hall–Kier alpha value is -0.910. The van der Waals surface area contributed by atoms with E-state index in [0.29, 0.717) is 27.2 Å². The van der Waals surface area contributed by atoms with Crippen LogP contribution in [0, 0.1) is 6.92 Å². The number of benzene rings is 1. The van der Waals surface area contributed by atoms with Gasteiger partial charge in [-0.15, -0.1) is 0 Å². The third-order valence-electron chi connectivity index (χ3n) is 2.56. The fourth-order valence-electron chi connectivity index (χ4n) is 1.57. The molecule has 1 heterocycles. The summed E-state index contributed by atoms with van der Waals surface area (Å²) in [6, 6.07) is 3.63. The summed E-state index contributed by atoms with van der Waals surface area (Å²) >= 11 is 15.5. The molecule has 0 amide bonds. The molecule has 0 fully saturated rings. The third-order valence-corrected chi connectivity index (χ3v) is 4.33. The van der Waals surface area contributed by atoms with E-state index in [0.717, 1.165) is 10.2 Å². The summed E-state index contributed by atoms with van der Waals surface area (Å²) in [7, 11) is 1.81. The van der Waals surface area contributed by atoms with E-state index in [4.69, 9.17) is 28.9 Å². The van der Waals surface area contributed by atoms with Gasteiger partial charge in [0.05, 0.1) is 27.1 Å². The lowest BCUT2D eigenvalue weighted by Crippen LogP contribution is -2.02. The van der Waals surface area contributed by atoms with E-state index in [1.165, 1.54) is 0 Å². The molecule has 2 rings (SSSR count). The molecule has 0 spiro atoms. The molecule has 0 aliphatic rings. The van der Waals surface area contributed by atoms with Gasteiger partial charge in [-0.1, -0.05) is 23.2 Å². The summed E-state index contributed by atoms with van der Waals surface area (Å²) < 4.78 is 2.41. The quantitative estimate of drug-likeness (QED) is 0.801. The van der Waals surface area contributed by atoms with Crippen LogP contribution in [0.5, 0.6) is 0 Å². The zero-order valence-corrected chi connectivity index (χ0v) is 12.9. The van der Waals surface area contributed by atoms with Crippen molar-refractivity contribution in [2.75, 3.05) is 11.1 Å². The lowest BCUT2D eigenvalue weighted by atomic mass is 10.3. The van der Waals surface area contributed by atoms with Crippen LogP contribution in [0.4, 0.5) is 17.2 Å². The summed E-state index contributed by atoms with van der Waals surface area (Å²) in [5.74, 6) is 0.688. The Balaban J connectivity index is 2.44. The van der Waals surface area contributed by atoms with Crippen LogP contribution in [-0.2, 0) is 7.05 Å². The Morgan fingerprint density at radius 2 is 2.00 bits per heavy atom. The van der Waals surface area contributed by atoms with Crippen LogP contribution < -0.4 is 11.1 Å². The van der Waals surface area contributed by atoms with Crippen molar-refractivity contribution in [3.63, 3.8) is 0 Å². The number of hydrogen-bond acceptors (Lipinski definition) is 3. The van der Waals surface area contributed by atoms with E-state index in [-0.39, 0.29) is 0 Å². The van der Waals surface area contributed by atoms with Gasteiger partial charge in [-0.3, -0.25) is 4.68 Å². The van der Waals surface area contributed by atoms with E-state index in [9.17, 15) is 0 Å². The number of halogens is 3. The van der Waals surface area contributed by atoms with Gasteiger partial charge in [-0.25, -0.2) is 0 Å². The maximum absolute atomic E-state index is 6.16. The van der Waals surface area contributed by atoms with Gasteiger partial charge in [0.15, 0.2) is 5.82 Å². The summed E-state index contributed by atoms with van der Waals surface area (Å²) in [6.45, 7) is 1.84. The minimum absolute atomic E-state index is 0.435. The number of nitrogens with one attached hydrogen (secondary N) is 1. The minimum atomic E-state index is 0.435. The van der Waals surface area contributed by atoms with Gasteiger partial charge in [0.1, 0.15) is 0 Å². The second kappa shape index (κ2) is 4.99. The summed E-state index contributed by atoms with van der Waals surface area (Å²) in [4.78, 5) is 0. The van der Waals surface area contributed by atoms with E-state index < -0.39 is 0 Å². The normalized spacial score (nSPS) is 10.7. The number of nitrogens with zero attached hydrogens (tertiary/aromatic N) is 2. The van der Waals surface area contributed by atoms with Gasteiger partial charge < -0.3 is 11.1 Å². The Morgan fingerprint density at radius 1 is 1.33 bits per heavy atom. The number of nitrogens with two attached hydrogens (primary N) is 1. The molecule has 4 nitrogen and oxygen atoms in total. The van der Waals surface area contributed by atoms with Crippen LogP contribution in [0.3, 0.4) is 0 Å². The standard InChI is InChI=1S/C11H11BrCl2N4/c1-5-10(15)11(18(2)17-5)16-7-4-3-6(12)8(13)9(7)14/h3-4,16H,15H2,1-2H3. The Kier molecular flexibility index (Phi) is 3.75. The SMILES string of the molecule is Cc1nn(C)c(Nc2ccc(Br)c(Cl)c2Cl)c1N. The van der Waals surface area contributed by atoms with Crippen LogP contribution in [0.25, 0.3) is 0 Å². The van der Waals surface area contributed by atoms with Crippen molar-refractivity contribution < 1.29 is 0 Å². The fraction of sp³-hybridized carbons (Fsp3) is 0.182. The number of nitrogen functional groups attached to an aromatic ring is 1. The molecule has 1 aromatic heterocycles. The number of rotatable bonds is 2. The van der Waals surface area contributed by atoms with Gasteiger partial charge in [0.25, 0.3) is 0 Å². The molecule has 0 aliphatic heterocycles. The zero-order chi connectivity index (χ0) is 13.4. The van der Waals surface area contributed by atoms with Crippen molar-refractivity contribution in [3.05, 3.63) is 32.3 Å². The molecule has 0 atom stereocenters. The first-order chi connectivity index (χ1) is 8.41. The molecule has 2 aromatic rings. The summed E-state index contributed by atoms with van der Waals surface area (Å²) in [5.41, 5.74) is 7.97.